The molecule has 10 N–H and O–H groups in total. The minimum Gasteiger partial charge on any atom is -0.391 e. The molecule has 4 aromatic carbocycles. The van der Waals surface area contributed by atoms with Gasteiger partial charge in [-0.2, -0.15) is 0 Å². The van der Waals surface area contributed by atoms with Crippen LogP contribution in [0.1, 0.15) is 146 Å². The number of thiazole rings is 1. The minimum atomic E-state index is -5.06. The molecule has 0 radical (unpaired) electrons. The van der Waals surface area contributed by atoms with Crippen molar-refractivity contribution < 1.29 is 62.6 Å². The third-order valence-electron chi connectivity index (χ3n) is 17.1. The lowest BCUT2D eigenvalue weighted by Crippen LogP contribution is -2.57. The Kier molecular flexibility index (Phi) is 20.2. The number of aromatic nitrogens is 2. The lowest BCUT2D eigenvalue weighted by Gasteiger charge is -2.35. The van der Waals surface area contributed by atoms with Gasteiger partial charge in [0, 0.05) is 48.7 Å². The van der Waals surface area contributed by atoms with Gasteiger partial charge in [-0.15, -0.1) is 11.3 Å². The summed E-state index contributed by atoms with van der Waals surface area (Å²) in [4.78, 5) is 139. The number of primary amides is 1. The molecule has 1 saturated heterocycles. The summed E-state index contributed by atoms with van der Waals surface area (Å²) in [6.45, 7) is 13.3. The predicted molar refractivity (Wildman–Crippen MR) is 335 cm³/mol. The number of nitrogens with zero attached hydrogens (tertiary/aromatic N) is 3. The number of hydrogen-bond donors (Lipinski definition) is 9. The van der Waals surface area contributed by atoms with Crippen LogP contribution in [0.4, 0.5) is 5.69 Å². The molecule has 3 aliphatic rings. The van der Waals surface area contributed by atoms with Gasteiger partial charge >= 0.3 is 7.60 Å². The topological polar surface area (TPSA) is 333 Å². The van der Waals surface area contributed by atoms with Crippen LogP contribution in [0.5, 0.6) is 0 Å². The fourth-order valence-electron chi connectivity index (χ4n) is 12.0. The van der Waals surface area contributed by atoms with Gasteiger partial charge in [0.2, 0.25) is 35.4 Å². The van der Waals surface area contributed by atoms with E-state index >= 15 is 0 Å². The number of H-pyrrole nitrogens is 1. The summed E-state index contributed by atoms with van der Waals surface area (Å²) in [5.74, 6) is -3.32. The highest BCUT2D eigenvalue weighted by Crippen LogP contribution is 2.41. The summed E-state index contributed by atoms with van der Waals surface area (Å²) in [6.07, 6.45) is 1.50. The van der Waals surface area contributed by atoms with Crippen LogP contribution >= 0.6 is 18.9 Å². The number of anilines is 1. The second-order valence-electron chi connectivity index (χ2n) is 24.7. The van der Waals surface area contributed by atoms with Crippen molar-refractivity contribution >= 4 is 82.4 Å². The lowest BCUT2D eigenvalue weighted by molar-refractivity contribution is -0.144. The van der Waals surface area contributed by atoms with Gasteiger partial charge in [-0.1, -0.05) is 81.4 Å². The smallest absolute Gasteiger partial charge is 0.391 e. The summed E-state index contributed by atoms with van der Waals surface area (Å²) in [5, 5.41) is 23.0. The first kappa shape index (κ1) is 65.5. The Morgan fingerprint density at radius 2 is 1.62 bits per heavy atom. The molecular formula is C65H78N9O13PS. The van der Waals surface area contributed by atoms with Crippen molar-refractivity contribution in [2.75, 3.05) is 11.4 Å². The van der Waals surface area contributed by atoms with Crippen LogP contribution in [0, 0.1) is 19.3 Å². The van der Waals surface area contributed by atoms with E-state index in [4.69, 9.17) is 10.5 Å². The highest BCUT2D eigenvalue weighted by Gasteiger charge is 2.47. The number of benzene rings is 4. The Morgan fingerprint density at radius 1 is 0.888 bits per heavy atom. The molecule has 7 amide bonds. The number of nitrogens with one attached hydrogen (secondary N) is 5. The molecule has 0 saturated carbocycles. The van der Waals surface area contributed by atoms with Gasteiger partial charge in [0.15, 0.2) is 0 Å². The fourth-order valence-corrected chi connectivity index (χ4v) is 13.3. The maximum atomic E-state index is 14.6. The number of unbranched alkanes of at least 4 members (excludes halogenated alkanes) is 1. The molecule has 1 fully saturated rings. The average Bonchev–Trinajstić information content (AvgIpc) is 1.91. The Bertz CT molecular complexity index is 3740. The molecule has 24 heteroatoms. The second kappa shape index (κ2) is 27.4. The van der Waals surface area contributed by atoms with Gasteiger partial charge in [0.25, 0.3) is 11.4 Å². The number of aromatic amines is 1. The van der Waals surface area contributed by atoms with Crippen molar-refractivity contribution in [3.63, 3.8) is 0 Å². The van der Waals surface area contributed by atoms with E-state index in [2.05, 4.69) is 37.3 Å². The zero-order chi connectivity index (χ0) is 64.2. The number of rotatable bonds is 24. The molecule has 3 aliphatic heterocycles. The Hall–Kier alpha value is -7.92. The number of ether oxygens (including phenoxy) is 1. The third kappa shape index (κ3) is 15.4. The van der Waals surface area contributed by atoms with E-state index in [0.29, 0.717) is 42.3 Å². The number of fused-ring (bicyclic) bond motifs is 1. The van der Waals surface area contributed by atoms with Crippen molar-refractivity contribution in [2.45, 2.75) is 168 Å². The maximum absolute atomic E-state index is 14.6. The second-order valence-corrected chi connectivity index (χ2v) is 27.1. The van der Waals surface area contributed by atoms with E-state index in [1.807, 2.05) is 96.1 Å². The van der Waals surface area contributed by atoms with E-state index in [1.165, 1.54) is 34.1 Å². The molecular weight excluding hydrogens is 1180 g/mol. The standard InChI is InChI=1S/C65H78N9O13PS/c1-35-27-39(11-8-9-14-55(77)72-58(65(5,6)7)63(82)73-32-47(75)31-52(73)60(79)68-36(2)40-17-19-42(20-18-40)57-37(3)67-34-89-57)15-16-45(35)33-87-38(4)48(25-26-54(66)76)70-61(80)53-30-43-13-10-12-41-21-24-50(62(81)74(53)56(41)43)71-59(78)51-29-46-28-44(22-23-49(46)69-51)64(83)88(84,85)86/h10,12-13,15-20,22-23,27-29,34,36,38,47-48,50,52-53,58,69,75H,8-9,11,14,21,24-26,30-33H2,1-7H3,(H2,66,76)(H,68,79)(H,70,80)(H,71,78)(H,72,77)(H2,84,85,86)/t36-,38+,47+,48-,50-,52-,53-,58+/m0/s1. The molecule has 8 atom stereocenters. The van der Waals surface area contributed by atoms with E-state index < -0.39 is 90.5 Å². The zero-order valence-electron chi connectivity index (χ0n) is 51.0. The molecule has 0 unspecified atom stereocenters. The molecule has 472 valence electrons. The summed E-state index contributed by atoms with van der Waals surface area (Å²) in [5.41, 5.74) is 13.5. The Morgan fingerprint density at radius 3 is 2.30 bits per heavy atom. The number of β-amino-alcohol motifs (C(OH)–C–C–N with tert-alkyl or cyclic N) is 1. The maximum Gasteiger partial charge on any atom is 0.396 e. The van der Waals surface area contributed by atoms with Gasteiger partial charge in [-0.05, 0) is 135 Å². The minimum absolute atomic E-state index is 0.0348. The number of carbonyl (C=O) groups excluding carboxylic acids is 8. The van der Waals surface area contributed by atoms with E-state index in [9.17, 15) is 57.8 Å². The number of aryl methyl sites for hydroxylation is 4. The number of para-hydroxylation sites is 1. The van der Waals surface area contributed by atoms with Gasteiger partial charge in [0.1, 0.15) is 29.9 Å². The van der Waals surface area contributed by atoms with E-state index in [-0.39, 0.29) is 80.8 Å². The van der Waals surface area contributed by atoms with Crippen LogP contribution in [-0.4, -0.2) is 126 Å². The summed E-state index contributed by atoms with van der Waals surface area (Å²) >= 11 is 1.56. The summed E-state index contributed by atoms with van der Waals surface area (Å²) < 4.78 is 18.0. The van der Waals surface area contributed by atoms with Crippen molar-refractivity contribution in [1.82, 2.24) is 36.1 Å². The van der Waals surface area contributed by atoms with Crippen molar-refractivity contribution in [3.8, 4) is 10.4 Å². The molecule has 9 rings (SSSR count). The number of carbonyl (C=O) groups is 8. The molecule has 2 aromatic heterocycles. The number of hydrogen-bond acceptors (Lipinski definition) is 13. The first-order chi connectivity index (χ1) is 42.1. The molecule has 5 heterocycles. The van der Waals surface area contributed by atoms with Crippen LogP contribution in [0.25, 0.3) is 21.3 Å². The largest absolute Gasteiger partial charge is 0.396 e. The van der Waals surface area contributed by atoms with Crippen molar-refractivity contribution in [2.24, 2.45) is 11.1 Å². The molecule has 6 aromatic rings. The van der Waals surface area contributed by atoms with Crippen LogP contribution in [0.2, 0.25) is 0 Å². The molecule has 0 bridgehead atoms. The predicted octanol–water partition coefficient (Wildman–Crippen LogP) is 6.67. The van der Waals surface area contributed by atoms with Gasteiger partial charge in [-0.3, -0.25) is 47.8 Å². The number of aliphatic hydroxyl groups is 1. The van der Waals surface area contributed by atoms with Crippen LogP contribution in [0.3, 0.4) is 0 Å². The van der Waals surface area contributed by atoms with Crippen molar-refractivity contribution in [1.29, 1.82) is 0 Å². The van der Waals surface area contributed by atoms with Crippen LogP contribution in [0.15, 0.2) is 90.4 Å². The number of likely N-dealkylation sites (tertiary alicyclic amines) is 1. The molecule has 0 spiro atoms. The monoisotopic (exact) mass is 1260 g/mol. The Labute approximate surface area is 520 Å². The summed E-state index contributed by atoms with van der Waals surface area (Å²) in [7, 11) is -5.06. The highest BCUT2D eigenvalue weighted by molar-refractivity contribution is 7.70. The van der Waals surface area contributed by atoms with E-state index in [0.717, 1.165) is 49.5 Å². The summed E-state index contributed by atoms with van der Waals surface area (Å²) in [6, 6.07) is 19.8. The van der Waals surface area contributed by atoms with Crippen LogP contribution < -0.4 is 31.9 Å². The Balaban J connectivity index is 0.764. The van der Waals surface area contributed by atoms with Crippen LogP contribution in [-0.2, 0) is 63.9 Å². The average molecular weight is 1260 g/mol. The SMILES string of the molecule is Cc1cc(CCCCC(=O)N[C@H](C(=O)N2C[C@H](O)C[C@H]2C(=O)N[C@@H](C)c2ccc(-c3scnc3C)cc2)C(C)(C)C)ccc1CO[C@H](C)[C@H](CCC(N)=O)NC(=O)[C@@H]1Cc2cccc3c2N1C(=O)[C@@H](NC(=O)c1cc2cc(C(=O)P(=O)(O)O)ccc2[nH]1)CC3. The lowest BCUT2D eigenvalue weighted by atomic mass is 9.85. The number of nitrogens with two attached hydrogens (primary N) is 1. The highest BCUT2D eigenvalue weighted by atomic mass is 32.1. The zero-order valence-corrected chi connectivity index (χ0v) is 52.7. The normalized spacial score (nSPS) is 18.8. The number of amides is 7. The third-order valence-corrected chi connectivity index (χ3v) is 18.8. The quantitative estimate of drug-likeness (QED) is 0.0226. The fraction of sp³-hybridized carbons (Fsp3) is 0.431. The van der Waals surface area contributed by atoms with Gasteiger partial charge < -0.3 is 56.5 Å². The first-order valence-corrected chi connectivity index (χ1v) is 32.5. The molecule has 22 nitrogen and oxygen atoms in total. The van der Waals surface area contributed by atoms with Crippen molar-refractivity contribution in [3.05, 3.63) is 141 Å². The number of aliphatic hydroxyl groups excluding tert-OH is 1. The molecule has 89 heavy (non-hydrogen) atoms. The van der Waals surface area contributed by atoms with Gasteiger partial charge in [0.05, 0.1) is 52.7 Å². The first-order valence-electron chi connectivity index (χ1n) is 30.0. The van der Waals surface area contributed by atoms with Gasteiger partial charge in [-0.25, -0.2) is 4.98 Å². The molecule has 0 aliphatic carbocycles. The van der Waals surface area contributed by atoms with E-state index in [1.54, 1.807) is 23.8 Å².